The fourth-order valence-corrected chi connectivity index (χ4v) is 4.27. The molecular weight excluding hydrogens is 418 g/mol. The molecule has 2 N–H and O–H groups in total. The summed E-state index contributed by atoms with van der Waals surface area (Å²) in [5.41, 5.74) is 0.440. The minimum Gasteiger partial charge on any atom is -0.507 e. The van der Waals surface area contributed by atoms with E-state index in [1.165, 1.54) is 0 Å². The number of nitrogens with zero attached hydrogens (tertiary/aromatic N) is 3. The summed E-state index contributed by atoms with van der Waals surface area (Å²) in [4.78, 5) is 15.1. The number of aromatic hydroxyl groups is 1. The molecule has 2 aliphatic rings. The lowest BCUT2D eigenvalue weighted by Crippen LogP contribution is -2.43. The van der Waals surface area contributed by atoms with E-state index >= 15 is 0 Å². The standard InChI is InChI=1S/C23H22F2N4O3/c24-17-11-14(12-18(25)22(17)29-8-2-5-21(29)30)15-3-1-4-16(23(15)31)19-13-20(27-32-19)28-9-6-26-7-10-28/h1,3-4,11-13,26,31H,2,5-10H2. The van der Waals surface area contributed by atoms with Crippen LogP contribution in [0.3, 0.4) is 0 Å². The molecule has 5 rings (SSSR count). The highest BCUT2D eigenvalue weighted by molar-refractivity contribution is 5.96. The quantitative estimate of drug-likeness (QED) is 0.646. The fourth-order valence-electron chi connectivity index (χ4n) is 4.27. The molecule has 0 radical (unpaired) electrons. The Bertz CT molecular complexity index is 1150. The first-order valence-electron chi connectivity index (χ1n) is 10.6. The van der Waals surface area contributed by atoms with Crippen LogP contribution in [0.4, 0.5) is 20.3 Å². The molecule has 3 heterocycles. The minimum atomic E-state index is -0.847. The fraction of sp³-hybridized carbons (Fsp3) is 0.304. The van der Waals surface area contributed by atoms with Crippen molar-refractivity contribution in [2.24, 2.45) is 0 Å². The smallest absolute Gasteiger partial charge is 0.227 e. The molecule has 9 heteroatoms. The second-order valence-electron chi connectivity index (χ2n) is 7.93. The van der Waals surface area contributed by atoms with Crippen LogP contribution in [0.25, 0.3) is 22.5 Å². The molecule has 2 saturated heterocycles. The molecule has 0 unspecified atom stereocenters. The van der Waals surface area contributed by atoms with Crippen molar-refractivity contribution in [3.63, 3.8) is 0 Å². The number of halogens is 2. The molecule has 0 bridgehead atoms. The number of hydrogen-bond donors (Lipinski definition) is 2. The molecule has 7 nitrogen and oxygen atoms in total. The molecule has 1 amide bonds. The topological polar surface area (TPSA) is 81.8 Å². The van der Waals surface area contributed by atoms with E-state index in [2.05, 4.69) is 15.4 Å². The normalized spacial score (nSPS) is 16.8. The molecule has 0 spiro atoms. The number of carbonyl (C=O) groups is 1. The second-order valence-corrected chi connectivity index (χ2v) is 7.93. The van der Waals surface area contributed by atoms with Gasteiger partial charge in [-0.05, 0) is 30.2 Å². The van der Waals surface area contributed by atoms with Crippen LogP contribution in [0, 0.1) is 11.6 Å². The number of para-hydroxylation sites is 1. The Kier molecular flexibility index (Phi) is 5.26. The maximum absolute atomic E-state index is 14.8. The third-order valence-electron chi connectivity index (χ3n) is 5.91. The summed E-state index contributed by atoms with van der Waals surface area (Å²) in [6.07, 6.45) is 0.839. The Morgan fingerprint density at radius 3 is 2.44 bits per heavy atom. The van der Waals surface area contributed by atoms with Crippen LogP contribution in [0.2, 0.25) is 0 Å². The summed E-state index contributed by atoms with van der Waals surface area (Å²) >= 11 is 0. The number of phenols is 1. The lowest BCUT2D eigenvalue weighted by Gasteiger charge is -2.26. The largest absolute Gasteiger partial charge is 0.507 e. The molecule has 0 aliphatic carbocycles. The Balaban J connectivity index is 1.49. The van der Waals surface area contributed by atoms with Crippen molar-refractivity contribution in [2.45, 2.75) is 12.8 Å². The highest BCUT2D eigenvalue weighted by atomic mass is 19.1. The molecule has 0 saturated carbocycles. The lowest BCUT2D eigenvalue weighted by atomic mass is 9.99. The summed E-state index contributed by atoms with van der Waals surface area (Å²) < 4.78 is 35.1. The first-order valence-corrected chi connectivity index (χ1v) is 10.6. The summed E-state index contributed by atoms with van der Waals surface area (Å²) in [7, 11) is 0. The van der Waals surface area contributed by atoms with Crippen LogP contribution in [-0.4, -0.2) is 48.9 Å². The van der Waals surface area contributed by atoms with E-state index in [1.54, 1.807) is 24.3 Å². The number of rotatable bonds is 4. The molecule has 1 aromatic heterocycles. The van der Waals surface area contributed by atoms with Crippen LogP contribution in [0.15, 0.2) is 40.9 Å². The van der Waals surface area contributed by atoms with Crippen molar-refractivity contribution >= 4 is 17.4 Å². The van der Waals surface area contributed by atoms with Gasteiger partial charge in [0.15, 0.2) is 23.2 Å². The predicted molar refractivity (Wildman–Crippen MR) is 116 cm³/mol. The van der Waals surface area contributed by atoms with Gasteiger partial charge in [0.25, 0.3) is 0 Å². The van der Waals surface area contributed by atoms with E-state index in [0.717, 1.165) is 43.2 Å². The van der Waals surface area contributed by atoms with Crippen LogP contribution in [-0.2, 0) is 4.79 Å². The first-order chi connectivity index (χ1) is 15.5. The zero-order valence-corrected chi connectivity index (χ0v) is 17.3. The van der Waals surface area contributed by atoms with Gasteiger partial charge in [0.1, 0.15) is 11.4 Å². The van der Waals surface area contributed by atoms with Crippen molar-refractivity contribution in [2.75, 3.05) is 42.5 Å². The van der Waals surface area contributed by atoms with Crippen LogP contribution in [0.1, 0.15) is 12.8 Å². The van der Waals surface area contributed by atoms with Crippen LogP contribution in [0.5, 0.6) is 5.75 Å². The van der Waals surface area contributed by atoms with Gasteiger partial charge in [-0.3, -0.25) is 4.79 Å². The predicted octanol–water partition coefficient (Wildman–Crippen LogP) is 3.53. The molecule has 2 fully saturated rings. The number of piperazine rings is 1. The summed E-state index contributed by atoms with van der Waals surface area (Å²) in [5, 5.41) is 18.3. The molecule has 2 aliphatic heterocycles. The van der Waals surface area contributed by atoms with E-state index in [1.807, 2.05) is 0 Å². The van der Waals surface area contributed by atoms with Crippen molar-refractivity contribution < 1.29 is 23.2 Å². The Morgan fingerprint density at radius 1 is 1.03 bits per heavy atom. The van der Waals surface area contributed by atoms with Crippen LogP contribution < -0.4 is 15.1 Å². The van der Waals surface area contributed by atoms with Gasteiger partial charge in [-0.1, -0.05) is 17.3 Å². The average molecular weight is 440 g/mol. The number of benzene rings is 2. The van der Waals surface area contributed by atoms with Gasteiger partial charge >= 0.3 is 0 Å². The minimum absolute atomic E-state index is 0.164. The lowest BCUT2D eigenvalue weighted by molar-refractivity contribution is -0.117. The molecule has 3 aromatic rings. The number of amides is 1. The molecule has 166 valence electrons. The molecule has 32 heavy (non-hydrogen) atoms. The van der Waals surface area contributed by atoms with Crippen molar-refractivity contribution in [3.05, 3.63) is 48.0 Å². The third-order valence-corrected chi connectivity index (χ3v) is 5.91. The highest BCUT2D eigenvalue weighted by Gasteiger charge is 2.28. The average Bonchev–Trinajstić information content (AvgIpc) is 3.44. The van der Waals surface area contributed by atoms with Gasteiger partial charge in [-0.25, -0.2) is 8.78 Å². The van der Waals surface area contributed by atoms with E-state index in [9.17, 15) is 18.7 Å². The van der Waals surface area contributed by atoms with Crippen molar-refractivity contribution in [3.8, 4) is 28.2 Å². The second kappa shape index (κ2) is 8.23. The number of aromatic nitrogens is 1. The zero-order chi connectivity index (χ0) is 22.2. The van der Waals surface area contributed by atoms with Gasteiger partial charge < -0.3 is 24.7 Å². The van der Waals surface area contributed by atoms with Gasteiger partial charge in [0.05, 0.1) is 5.56 Å². The SMILES string of the molecule is O=C1CCCN1c1c(F)cc(-c2cccc(-c3cc(N4CCNCC4)no3)c2O)cc1F. The van der Waals surface area contributed by atoms with E-state index in [4.69, 9.17) is 4.52 Å². The molecule has 2 aromatic carbocycles. The van der Waals surface area contributed by atoms with Gasteiger partial charge in [-0.15, -0.1) is 0 Å². The Labute approximate surface area is 183 Å². The molecule has 0 atom stereocenters. The molecular formula is C23H22F2N4O3. The number of hydrogen-bond acceptors (Lipinski definition) is 6. The van der Waals surface area contributed by atoms with Gasteiger partial charge in [-0.2, -0.15) is 0 Å². The van der Waals surface area contributed by atoms with Crippen molar-refractivity contribution in [1.29, 1.82) is 0 Å². The number of nitrogens with one attached hydrogen (secondary N) is 1. The van der Waals surface area contributed by atoms with Crippen molar-refractivity contribution in [1.82, 2.24) is 10.5 Å². The summed E-state index contributed by atoms with van der Waals surface area (Å²) in [6.45, 7) is 3.57. The summed E-state index contributed by atoms with van der Waals surface area (Å²) in [6, 6.07) is 8.91. The van der Waals surface area contributed by atoms with Crippen LogP contribution >= 0.6 is 0 Å². The number of anilines is 2. The maximum Gasteiger partial charge on any atom is 0.227 e. The Hall–Kier alpha value is -3.46. The highest BCUT2D eigenvalue weighted by Crippen LogP contribution is 2.41. The third kappa shape index (κ3) is 3.58. The number of carbonyl (C=O) groups excluding carboxylic acids is 1. The zero-order valence-electron chi connectivity index (χ0n) is 17.3. The Morgan fingerprint density at radius 2 is 1.75 bits per heavy atom. The maximum atomic E-state index is 14.8. The van der Waals surface area contributed by atoms with E-state index < -0.39 is 11.6 Å². The van der Waals surface area contributed by atoms with Gasteiger partial charge in [0, 0.05) is 50.8 Å². The summed E-state index contributed by atoms with van der Waals surface area (Å²) in [5.74, 6) is -1.13. The monoisotopic (exact) mass is 440 g/mol. The van der Waals surface area contributed by atoms with Gasteiger partial charge in [0.2, 0.25) is 5.91 Å². The van der Waals surface area contributed by atoms with E-state index in [0.29, 0.717) is 23.6 Å². The number of phenolic OH excluding ortho intramolecular Hbond substituents is 1. The van der Waals surface area contributed by atoms with E-state index in [-0.39, 0.29) is 41.4 Å². The first kappa shape index (κ1) is 20.4.